The van der Waals surface area contributed by atoms with Crippen LogP contribution >= 0.6 is 0 Å². The van der Waals surface area contributed by atoms with E-state index in [0.29, 0.717) is 25.1 Å². The lowest BCUT2D eigenvalue weighted by Gasteiger charge is -2.08. The van der Waals surface area contributed by atoms with E-state index in [1.165, 1.54) is 0 Å². The predicted octanol–water partition coefficient (Wildman–Crippen LogP) is 3.14. The van der Waals surface area contributed by atoms with Crippen molar-refractivity contribution in [2.75, 3.05) is 13.2 Å². The van der Waals surface area contributed by atoms with Gasteiger partial charge in [-0.3, -0.25) is 0 Å². The first kappa shape index (κ1) is 13.7. The number of nitrogens with zero attached hydrogens (tertiary/aromatic N) is 2. The molecule has 0 aliphatic rings. The molecule has 1 heterocycles. The Morgan fingerprint density at radius 2 is 1.65 bits per heavy atom. The van der Waals surface area contributed by atoms with Crippen molar-refractivity contribution in [3.05, 3.63) is 11.8 Å². The molecule has 4 nitrogen and oxygen atoms in total. The summed E-state index contributed by atoms with van der Waals surface area (Å²) in [5.41, 5.74) is 0.873. The van der Waals surface area contributed by atoms with Gasteiger partial charge in [-0.1, -0.05) is 26.7 Å². The first-order valence-corrected chi connectivity index (χ1v) is 6.37. The highest BCUT2D eigenvalue weighted by molar-refractivity contribution is 5.17. The number of hydrogen-bond donors (Lipinski definition) is 0. The molecular formula is C13H22N2O2. The molecule has 0 saturated heterocycles. The fraction of sp³-hybridized carbons (Fsp3) is 0.692. The molecule has 0 N–H and O–H groups in total. The van der Waals surface area contributed by atoms with Crippen molar-refractivity contribution in [2.24, 2.45) is 0 Å². The first-order chi connectivity index (χ1) is 8.26. The van der Waals surface area contributed by atoms with Gasteiger partial charge in [0, 0.05) is 11.8 Å². The lowest BCUT2D eigenvalue weighted by molar-refractivity contribution is 0.263. The van der Waals surface area contributed by atoms with Crippen LogP contribution in [-0.4, -0.2) is 23.2 Å². The monoisotopic (exact) mass is 238 g/mol. The average molecular weight is 238 g/mol. The Morgan fingerprint density at radius 1 is 1.00 bits per heavy atom. The van der Waals surface area contributed by atoms with Gasteiger partial charge < -0.3 is 9.47 Å². The third-order valence-electron chi connectivity index (χ3n) is 2.29. The highest BCUT2D eigenvalue weighted by Crippen LogP contribution is 2.14. The van der Waals surface area contributed by atoms with Gasteiger partial charge in [-0.05, 0) is 19.8 Å². The second-order valence-corrected chi connectivity index (χ2v) is 4.03. The van der Waals surface area contributed by atoms with Crippen LogP contribution in [0.15, 0.2) is 6.07 Å². The van der Waals surface area contributed by atoms with E-state index in [1.807, 2.05) is 13.0 Å². The molecule has 0 aliphatic carbocycles. The van der Waals surface area contributed by atoms with Crippen LogP contribution in [0.3, 0.4) is 0 Å². The molecule has 0 atom stereocenters. The van der Waals surface area contributed by atoms with Crippen LogP contribution in [0.4, 0.5) is 0 Å². The average Bonchev–Trinajstić information content (AvgIpc) is 2.29. The van der Waals surface area contributed by atoms with E-state index in [0.717, 1.165) is 31.4 Å². The second kappa shape index (κ2) is 7.87. The maximum absolute atomic E-state index is 5.54. The minimum absolute atomic E-state index is 0.421. The molecule has 17 heavy (non-hydrogen) atoms. The highest BCUT2D eigenvalue weighted by Gasteiger charge is 2.04. The Balaban J connectivity index is 2.53. The van der Waals surface area contributed by atoms with E-state index >= 15 is 0 Å². The van der Waals surface area contributed by atoms with Crippen molar-refractivity contribution in [3.8, 4) is 11.9 Å². The molecule has 1 rings (SSSR count). The summed E-state index contributed by atoms with van der Waals surface area (Å²) in [6, 6.07) is 2.26. The van der Waals surface area contributed by atoms with Crippen LogP contribution in [0.2, 0.25) is 0 Å². The SMILES string of the molecule is CCCCOc1cc(C)nc(OCCCC)n1. The Morgan fingerprint density at radius 3 is 2.29 bits per heavy atom. The lowest BCUT2D eigenvalue weighted by Crippen LogP contribution is -2.05. The third-order valence-corrected chi connectivity index (χ3v) is 2.29. The quantitative estimate of drug-likeness (QED) is 0.653. The Kier molecular flexibility index (Phi) is 6.37. The van der Waals surface area contributed by atoms with Crippen molar-refractivity contribution >= 4 is 0 Å². The predicted molar refractivity (Wildman–Crippen MR) is 67.6 cm³/mol. The summed E-state index contributed by atoms with van der Waals surface area (Å²) in [6.07, 6.45) is 4.27. The van der Waals surface area contributed by atoms with Gasteiger partial charge in [0.2, 0.25) is 5.88 Å². The normalized spacial score (nSPS) is 10.3. The zero-order valence-corrected chi connectivity index (χ0v) is 11.0. The minimum atomic E-state index is 0.421. The van der Waals surface area contributed by atoms with E-state index in [4.69, 9.17) is 9.47 Å². The summed E-state index contributed by atoms with van der Waals surface area (Å²) in [5.74, 6) is 0.609. The number of aromatic nitrogens is 2. The van der Waals surface area contributed by atoms with Crippen molar-refractivity contribution in [3.63, 3.8) is 0 Å². The summed E-state index contributed by atoms with van der Waals surface area (Å²) in [4.78, 5) is 8.44. The van der Waals surface area contributed by atoms with Gasteiger partial charge in [0.25, 0.3) is 0 Å². The molecular weight excluding hydrogens is 216 g/mol. The van der Waals surface area contributed by atoms with Gasteiger partial charge in [0.1, 0.15) is 0 Å². The van der Waals surface area contributed by atoms with Crippen LogP contribution in [0.5, 0.6) is 11.9 Å². The number of hydrogen-bond acceptors (Lipinski definition) is 4. The van der Waals surface area contributed by atoms with E-state index in [9.17, 15) is 0 Å². The molecule has 96 valence electrons. The molecule has 4 heteroatoms. The number of ether oxygens (including phenoxy) is 2. The summed E-state index contributed by atoms with van der Waals surface area (Å²) in [6.45, 7) is 7.53. The number of aryl methyl sites for hydroxylation is 1. The lowest BCUT2D eigenvalue weighted by atomic mass is 10.4. The summed E-state index contributed by atoms with van der Waals surface area (Å²) in [7, 11) is 0. The molecule has 0 saturated carbocycles. The van der Waals surface area contributed by atoms with Gasteiger partial charge in [0.05, 0.1) is 13.2 Å². The van der Waals surface area contributed by atoms with Crippen LogP contribution in [0.1, 0.15) is 45.2 Å². The first-order valence-electron chi connectivity index (χ1n) is 6.37. The molecule has 0 spiro atoms. The van der Waals surface area contributed by atoms with Crippen molar-refractivity contribution in [1.29, 1.82) is 0 Å². The number of unbranched alkanes of at least 4 members (excludes halogenated alkanes) is 2. The molecule has 1 aromatic heterocycles. The highest BCUT2D eigenvalue weighted by atomic mass is 16.5. The maximum atomic E-state index is 5.54. The van der Waals surface area contributed by atoms with Crippen molar-refractivity contribution in [1.82, 2.24) is 9.97 Å². The Hall–Kier alpha value is -1.32. The number of rotatable bonds is 8. The van der Waals surface area contributed by atoms with E-state index < -0.39 is 0 Å². The molecule has 1 aromatic rings. The fourth-order valence-electron chi connectivity index (χ4n) is 1.28. The molecule has 0 aromatic carbocycles. The fourth-order valence-corrected chi connectivity index (χ4v) is 1.28. The molecule has 0 fully saturated rings. The summed E-state index contributed by atoms with van der Waals surface area (Å²) >= 11 is 0. The van der Waals surface area contributed by atoms with E-state index in [2.05, 4.69) is 23.8 Å². The minimum Gasteiger partial charge on any atom is -0.478 e. The van der Waals surface area contributed by atoms with E-state index in [1.54, 1.807) is 0 Å². The molecule has 0 aliphatic heterocycles. The second-order valence-electron chi connectivity index (χ2n) is 4.03. The van der Waals surface area contributed by atoms with Crippen LogP contribution < -0.4 is 9.47 Å². The topological polar surface area (TPSA) is 44.2 Å². The third kappa shape index (κ3) is 5.52. The standard InChI is InChI=1S/C13H22N2O2/c1-4-6-8-16-12-10-11(3)14-13(15-12)17-9-7-5-2/h10H,4-9H2,1-3H3. The van der Waals surface area contributed by atoms with Crippen LogP contribution in [0, 0.1) is 6.92 Å². The van der Waals surface area contributed by atoms with Gasteiger partial charge in [-0.25, -0.2) is 4.98 Å². The zero-order chi connectivity index (χ0) is 12.5. The van der Waals surface area contributed by atoms with Crippen LogP contribution in [0.25, 0.3) is 0 Å². The molecule has 0 radical (unpaired) electrons. The molecule has 0 unspecified atom stereocenters. The smallest absolute Gasteiger partial charge is 0.319 e. The zero-order valence-electron chi connectivity index (χ0n) is 11.0. The van der Waals surface area contributed by atoms with Gasteiger partial charge in [-0.2, -0.15) is 4.98 Å². The van der Waals surface area contributed by atoms with Crippen molar-refractivity contribution < 1.29 is 9.47 Å². The van der Waals surface area contributed by atoms with E-state index in [-0.39, 0.29) is 0 Å². The van der Waals surface area contributed by atoms with Gasteiger partial charge >= 0.3 is 6.01 Å². The van der Waals surface area contributed by atoms with Gasteiger partial charge in [0.15, 0.2) is 0 Å². The largest absolute Gasteiger partial charge is 0.478 e. The van der Waals surface area contributed by atoms with Crippen molar-refractivity contribution in [2.45, 2.75) is 46.5 Å². The maximum Gasteiger partial charge on any atom is 0.319 e. The Bertz CT molecular complexity index is 301. The van der Waals surface area contributed by atoms with Crippen LogP contribution in [-0.2, 0) is 0 Å². The summed E-state index contributed by atoms with van der Waals surface area (Å²) < 4.78 is 11.0. The Labute approximate surface area is 103 Å². The van der Waals surface area contributed by atoms with Gasteiger partial charge in [-0.15, -0.1) is 0 Å². The summed E-state index contributed by atoms with van der Waals surface area (Å²) in [5, 5.41) is 0. The molecule has 0 amide bonds. The molecule has 0 bridgehead atoms.